The molecule has 0 spiro atoms. The van der Waals surface area contributed by atoms with E-state index in [0.717, 1.165) is 39.0 Å². The molecule has 1 aromatic heterocycles. The average Bonchev–Trinajstić information content (AvgIpc) is 2.70. The first-order valence-electron chi connectivity index (χ1n) is 7.10. The van der Waals surface area contributed by atoms with Gasteiger partial charge in [0.1, 0.15) is 0 Å². The quantitative estimate of drug-likeness (QED) is 0.838. The molecule has 19 heavy (non-hydrogen) atoms. The van der Waals surface area contributed by atoms with Crippen LogP contribution in [0.1, 0.15) is 54.3 Å². The minimum Gasteiger partial charge on any atom is -0.351 e. The third-order valence-electron chi connectivity index (χ3n) is 3.96. The molecule has 2 rings (SSSR count). The molecule has 2 nitrogen and oxygen atoms in total. The lowest BCUT2D eigenvalue weighted by atomic mass is 9.81. The zero-order valence-electron chi connectivity index (χ0n) is 11.7. The van der Waals surface area contributed by atoms with Crippen molar-refractivity contribution in [1.82, 2.24) is 5.32 Å². The van der Waals surface area contributed by atoms with Gasteiger partial charge in [-0.05, 0) is 59.2 Å². The van der Waals surface area contributed by atoms with E-state index in [0.29, 0.717) is 0 Å². The molecule has 0 radical (unpaired) electrons. The van der Waals surface area contributed by atoms with E-state index in [-0.39, 0.29) is 5.91 Å². The fourth-order valence-electron chi connectivity index (χ4n) is 2.87. The summed E-state index contributed by atoms with van der Waals surface area (Å²) < 4.78 is 1.05. The Bertz CT molecular complexity index is 424. The van der Waals surface area contributed by atoms with Gasteiger partial charge in [0.15, 0.2) is 0 Å². The Kier molecular flexibility index (Phi) is 5.46. The van der Waals surface area contributed by atoms with Gasteiger partial charge in [0.25, 0.3) is 5.91 Å². The molecule has 0 bridgehead atoms. The van der Waals surface area contributed by atoms with E-state index in [4.69, 9.17) is 0 Å². The van der Waals surface area contributed by atoms with E-state index in [9.17, 15) is 4.79 Å². The van der Waals surface area contributed by atoms with Gasteiger partial charge in [-0.1, -0.05) is 26.2 Å². The third kappa shape index (κ3) is 4.32. The molecule has 1 aliphatic rings. The van der Waals surface area contributed by atoms with Crippen LogP contribution in [0.2, 0.25) is 0 Å². The number of amides is 1. The molecule has 1 heterocycles. The second-order valence-corrected chi connectivity index (χ2v) is 8.12. The molecule has 1 amide bonds. The van der Waals surface area contributed by atoms with Crippen LogP contribution in [-0.2, 0) is 0 Å². The summed E-state index contributed by atoms with van der Waals surface area (Å²) in [6.45, 7) is 5.17. The fraction of sp³-hybridized carbons (Fsp3) is 0.667. The van der Waals surface area contributed by atoms with Crippen LogP contribution < -0.4 is 5.32 Å². The van der Waals surface area contributed by atoms with Crippen LogP contribution in [-0.4, -0.2) is 12.5 Å². The van der Waals surface area contributed by atoms with Crippen LogP contribution in [0.5, 0.6) is 0 Å². The summed E-state index contributed by atoms with van der Waals surface area (Å²) in [5.74, 6) is 1.74. The maximum Gasteiger partial charge on any atom is 0.261 e. The van der Waals surface area contributed by atoms with Crippen molar-refractivity contribution in [3.05, 3.63) is 20.3 Å². The minimum absolute atomic E-state index is 0.0719. The first-order chi connectivity index (χ1) is 9.06. The summed E-state index contributed by atoms with van der Waals surface area (Å²) in [7, 11) is 0. The van der Waals surface area contributed by atoms with Crippen molar-refractivity contribution >= 4 is 33.2 Å². The molecule has 0 aliphatic heterocycles. The van der Waals surface area contributed by atoms with Crippen molar-refractivity contribution in [2.75, 3.05) is 6.54 Å². The first kappa shape index (κ1) is 15.0. The summed E-state index contributed by atoms with van der Waals surface area (Å²) >= 11 is 4.97. The molecule has 0 aromatic carbocycles. The van der Waals surface area contributed by atoms with Crippen molar-refractivity contribution in [2.24, 2.45) is 11.8 Å². The summed E-state index contributed by atoms with van der Waals surface area (Å²) in [4.78, 5) is 12.8. The molecule has 1 fully saturated rings. The summed E-state index contributed by atoms with van der Waals surface area (Å²) in [6, 6.07) is 1.95. The second kappa shape index (κ2) is 6.89. The monoisotopic (exact) mass is 343 g/mol. The van der Waals surface area contributed by atoms with Crippen molar-refractivity contribution in [2.45, 2.75) is 46.0 Å². The molecule has 106 valence electrons. The standard InChI is InChI=1S/C15H22BrNOS/c1-10-4-3-5-12(8-10)6-7-17-15(18)13-9-11(2)14(16)19-13/h9-10,12H,3-8H2,1-2H3,(H,17,18). The number of nitrogens with one attached hydrogen (secondary N) is 1. The Morgan fingerprint density at radius 1 is 1.53 bits per heavy atom. The van der Waals surface area contributed by atoms with E-state index in [2.05, 4.69) is 28.2 Å². The number of hydrogen-bond donors (Lipinski definition) is 1. The summed E-state index contributed by atoms with van der Waals surface area (Å²) in [6.07, 6.45) is 6.53. The number of carbonyl (C=O) groups is 1. The fourth-order valence-corrected chi connectivity index (χ4v) is 4.32. The predicted octanol–water partition coefficient (Wildman–Crippen LogP) is 4.77. The summed E-state index contributed by atoms with van der Waals surface area (Å²) in [5.41, 5.74) is 1.14. The van der Waals surface area contributed by atoms with E-state index in [1.807, 2.05) is 13.0 Å². The van der Waals surface area contributed by atoms with E-state index in [1.54, 1.807) is 0 Å². The highest BCUT2D eigenvalue weighted by Crippen LogP contribution is 2.30. The van der Waals surface area contributed by atoms with Gasteiger partial charge in [0.05, 0.1) is 8.66 Å². The lowest BCUT2D eigenvalue weighted by Crippen LogP contribution is -2.26. The van der Waals surface area contributed by atoms with Crippen LogP contribution in [0, 0.1) is 18.8 Å². The van der Waals surface area contributed by atoms with Crippen LogP contribution in [0.3, 0.4) is 0 Å². The Balaban J connectivity index is 1.74. The molecular formula is C15H22BrNOS. The average molecular weight is 344 g/mol. The van der Waals surface area contributed by atoms with E-state index in [1.165, 1.54) is 37.0 Å². The highest BCUT2D eigenvalue weighted by Gasteiger charge is 2.19. The van der Waals surface area contributed by atoms with Crippen LogP contribution in [0.15, 0.2) is 9.85 Å². The second-order valence-electron chi connectivity index (χ2n) is 5.75. The zero-order valence-corrected chi connectivity index (χ0v) is 14.1. The van der Waals surface area contributed by atoms with Crippen molar-refractivity contribution in [1.29, 1.82) is 0 Å². The Morgan fingerprint density at radius 2 is 2.32 bits per heavy atom. The topological polar surface area (TPSA) is 29.1 Å². The van der Waals surface area contributed by atoms with E-state index < -0.39 is 0 Å². The molecular weight excluding hydrogens is 322 g/mol. The highest BCUT2D eigenvalue weighted by atomic mass is 79.9. The molecule has 4 heteroatoms. The molecule has 1 N–H and O–H groups in total. The van der Waals surface area contributed by atoms with Crippen molar-refractivity contribution in [3.63, 3.8) is 0 Å². The number of rotatable bonds is 4. The van der Waals surface area contributed by atoms with E-state index >= 15 is 0 Å². The number of hydrogen-bond acceptors (Lipinski definition) is 2. The smallest absolute Gasteiger partial charge is 0.261 e. The number of carbonyl (C=O) groups excluding carboxylic acids is 1. The first-order valence-corrected chi connectivity index (χ1v) is 8.71. The number of thiophene rings is 1. The van der Waals surface area contributed by atoms with Crippen LogP contribution >= 0.6 is 27.3 Å². The van der Waals surface area contributed by atoms with Gasteiger partial charge in [-0.2, -0.15) is 0 Å². The third-order valence-corrected chi connectivity index (χ3v) is 6.10. The Hall–Kier alpha value is -0.350. The normalized spacial score (nSPS) is 23.3. The predicted molar refractivity (Wildman–Crippen MR) is 84.8 cm³/mol. The molecule has 1 aliphatic carbocycles. The van der Waals surface area contributed by atoms with Crippen LogP contribution in [0.4, 0.5) is 0 Å². The van der Waals surface area contributed by atoms with Gasteiger partial charge in [-0.25, -0.2) is 0 Å². The molecule has 2 unspecified atom stereocenters. The van der Waals surface area contributed by atoms with Gasteiger partial charge < -0.3 is 5.32 Å². The largest absolute Gasteiger partial charge is 0.351 e. The zero-order chi connectivity index (χ0) is 13.8. The van der Waals surface area contributed by atoms with Gasteiger partial charge in [-0.15, -0.1) is 11.3 Å². The minimum atomic E-state index is 0.0719. The molecule has 1 aromatic rings. The maximum absolute atomic E-state index is 12.0. The van der Waals surface area contributed by atoms with Crippen molar-refractivity contribution < 1.29 is 4.79 Å². The maximum atomic E-state index is 12.0. The SMILES string of the molecule is Cc1cc(C(=O)NCCC2CCCC(C)C2)sc1Br. The van der Waals surface area contributed by atoms with Gasteiger partial charge in [0.2, 0.25) is 0 Å². The van der Waals surface area contributed by atoms with Gasteiger partial charge in [0, 0.05) is 6.54 Å². The highest BCUT2D eigenvalue weighted by molar-refractivity contribution is 9.11. The van der Waals surface area contributed by atoms with Gasteiger partial charge in [-0.3, -0.25) is 4.79 Å². The van der Waals surface area contributed by atoms with Crippen LogP contribution in [0.25, 0.3) is 0 Å². The lowest BCUT2D eigenvalue weighted by molar-refractivity contribution is 0.0953. The lowest BCUT2D eigenvalue weighted by Gasteiger charge is -2.26. The van der Waals surface area contributed by atoms with Crippen molar-refractivity contribution in [3.8, 4) is 0 Å². The molecule has 1 saturated carbocycles. The molecule has 0 saturated heterocycles. The summed E-state index contributed by atoms with van der Waals surface area (Å²) in [5, 5.41) is 3.05. The number of halogens is 1. The Morgan fingerprint density at radius 3 is 2.95 bits per heavy atom. The van der Waals surface area contributed by atoms with Gasteiger partial charge >= 0.3 is 0 Å². The Labute approximate surface area is 128 Å². The molecule has 2 atom stereocenters. The number of aryl methyl sites for hydroxylation is 1.